The number of alkyl halides is 1. The monoisotopic (exact) mass is 282 g/mol. The van der Waals surface area contributed by atoms with E-state index in [4.69, 9.17) is 4.74 Å². The van der Waals surface area contributed by atoms with Crippen LogP contribution >= 0.6 is 11.3 Å². The molecule has 0 unspecified atom stereocenters. The molecule has 0 saturated carbocycles. The predicted molar refractivity (Wildman–Crippen MR) is 66.7 cm³/mol. The summed E-state index contributed by atoms with van der Waals surface area (Å²) >= 11 is 1.30. The van der Waals surface area contributed by atoms with Gasteiger partial charge in [-0.3, -0.25) is 4.79 Å². The second-order valence-corrected chi connectivity index (χ2v) is 4.97. The molecule has 0 aromatic carbocycles. The van der Waals surface area contributed by atoms with Crippen LogP contribution in [0.4, 0.5) is 4.39 Å². The van der Waals surface area contributed by atoms with Crippen LogP contribution in [-0.2, 0) is 4.74 Å². The summed E-state index contributed by atoms with van der Waals surface area (Å²) in [6, 6.07) is -0.596. The average Bonchev–Trinajstić information content (AvgIpc) is 3.09. The van der Waals surface area contributed by atoms with Gasteiger partial charge in [-0.25, -0.2) is 14.4 Å². The van der Waals surface area contributed by atoms with Gasteiger partial charge in [0.15, 0.2) is 10.8 Å². The fourth-order valence-electron chi connectivity index (χ4n) is 1.77. The van der Waals surface area contributed by atoms with Crippen LogP contribution in [0.25, 0.3) is 10.8 Å². The van der Waals surface area contributed by atoms with Gasteiger partial charge in [0.1, 0.15) is 11.9 Å². The minimum atomic E-state index is -1.16. The van der Waals surface area contributed by atoms with Gasteiger partial charge in [0, 0.05) is 17.8 Å². The van der Waals surface area contributed by atoms with E-state index in [0.717, 1.165) is 0 Å². The van der Waals surface area contributed by atoms with Crippen LogP contribution in [0.3, 0.4) is 0 Å². The quantitative estimate of drug-likeness (QED) is 0.880. The number of ether oxygens (including phenoxy) is 1. The molecular formula is C11H11FN4O2S. The SMILES string of the molecule is O=C(N[C@H]1COC[C@H]1F)c1csc(-c2ncc[nH]2)n1. The minimum Gasteiger partial charge on any atom is -0.376 e. The highest BCUT2D eigenvalue weighted by Gasteiger charge is 2.30. The number of aromatic amines is 1. The molecule has 2 N–H and O–H groups in total. The molecule has 8 heteroatoms. The van der Waals surface area contributed by atoms with Gasteiger partial charge in [-0.15, -0.1) is 11.3 Å². The first kappa shape index (κ1) is 12.2. The smallest absolute Gasteiger partial charge is 0.271 e. The van der Waals surface area contributed by atoms with E-state index in [1.807, 2.05) is 0 Å². The summed E-state index contributed by atoms with van der Waals surface area (Å²) < 4.78 is 18.3. The van der Waals surface area contributed by atoms with Gasteiger partial charge in [0.2, 0.25) is 0 Å². The van der Waals surface area contributed by atoms with Crippen LogP contribution in [0, 0.1) is 0 Å². The van der Waals surface area contributed by atoms with Gasteiger partial charge >= 0.3 is 0 Å². The molecule has 6 nitrogen and oxygen atoms in total. The predicted octanol–water partition coefficient (Wildman–Crippen LogP) is 1.000. The average molecular weight is 282 g/mol. The maximum absolute atomic E-state index is 13.3. The Bertz CT molecular complexity index is 571. The largest absolute Gasteiger partial charge is 0.376 e. The van der Waals surface area contributed by atoms with Gasteiger partial charge in [-0.2, -0.15) is 0 Å². The highest BCUT2D eigenvalue weighted by atomic mass is 32.1. The van der Waals surface area contributed by atoms with E-state index in [1.54, 1.807) is 17.8 Å². The lowest BCUT2D eigenvalue weighted by Gasteiger charge is -2.11. The molecule has 0 aliphatic carbocycles. The van der Waals surface area contributed by atoms with E-state index in [2.05, 4.69) is 20.3 Å². The number of aromatic nitrogens is 3. The molecule has 0 bridgehead atoms. The first-order valence-corrected chi connectivity index (χ1v) is 6.60. The fraction of sp³-hybridized carbons (Fsp3) is 0.364. The summed E-state index contributed by atoms with van der Waals surface area (Å²) in [6.45, 7) is 0.224. The molecule has 1 aliphatic heterocycles. The molecule has 1 aliphatic rings. The van der Waals surface area contributed by atoms with E-state index in [0.29, 0.717) is 10.8 Å². The molecule has 1 amide bonds. The maximum atomic E-state index is 13.3. The normalized spacial score (nSPS) is 22.6. The van der Waals surface area contributed by atoms with Crippen LogP contribution < -0.4 is 5.32 Å². The van der Waals surface area contributed by atoms with Crippen LogP contribution in [0.2, 0.25) is 0 Å². The highest BCUT2D eigenvalue weighted by molar-refractivity contribution is 7.13. The number of rotatable bonds is 3. The number of imidazole rings is 1. The molecule has 2 aromatic rings. The van der Waals surface area contributed by atoms with Gasteiger partial charge in [-0.05, 0) is 0 Å². The zero-order chi connectivity index (χ0) is 13.2. The number of nitrogens with one attached hydrogen (secondary N) is 2. The molecule has 0 radical (unpaired) electrons. The second kappa shape index (κ2) is 5.06. The molecule has 3 rings (SSSR count). The number of carbonyl (C=O) groups is 1. The Labute approximate surface area is 112 Å². The third-order valence-corrected chi connectivity index (χ3v) is 3.61. The Morgan fingerprint density at radius 3 is 3.16 bits per heavy atom. The van der Waals surface area contributed by atoms with Crippen molar-refractivity contribution in [2.24, 2.45) is 0 Å². The Hall–Kier alpha value is -1.80. The molecule has 2 aromatic heterocycles. The third-order valence-electron chi connectivity index (χ3n) is 2.77. The number of carbonyl (C=O) groups excluding carboxylic acids is 1. The van der Waals surface area contributed by atoms with Crippen molar-refractivity contribution in [3.63, 3.8) is 0 Å². The lowest BCUT2D eigenvalue weighted by molar-refractivity contribution is 0.0916. The van der Waals surface area contributed by atoms with E-state index >= 15 is 0 Å². The van der Waals surface area contributed by atoms with E-state index in [9.17, 15) is 9.18 Å². The molecule has 19 heavy (non-hydrogen) atoms. The summed E-state index contributed by atoms with van der Waals surface area (Å²) in [6.07, 6.45) is 2.13. The Kier molecular flexibility index (Phi) is 3.26. The van der Waals surface area contributed by atoms with Gasteiger partial charge in [0.25, 0.3) is 5.91 Å². The zero-order valence-corrected chi connectivity index (χ0v) is 10.6. The number of thiazole rings is 1. The van der Waals surface area contributed by atoms with Crippen LogP contribution in [0.15, 0.2) is 17.8 Å². The van der Waals surface area contributed by atoms with Crippen molar-refractivity contribution in [1.29, 1.82) is 0 Å². The molecular weight excluding hydrogens is 271 g/mol. The molecule has 2 atom stereocenters. The summed E-state index contributed by atoms with van der Waals surface area (Å²) in [5.74, 6) is 0.212. The molecule has 3 heterocycles. The lowest BCUT2D eigenvalue weighted by atomic mass is 10.2. The number of halogens is 1. The highest BCUT2D eigenvalue weighted by Crippen LogP contribution is 2.20. The first-order valence-electron chi connectivity index (χ1n) is 5.72. The summed E-state index contributed by atoms with van der Waals surface area (Å²) in [5.41, 5.74) is 0.260. The summed E-state index contributed by atoms with van der Waals surface area (Å²) in [5, 5.41) is 4.82. The molecule has 0 spiro atoms. The Morgan fingerprint density at radius 2 is 2.47 bits per heavy atom. The number of H-pyrrole nitrogens is 1. The number of amides is 1. The third kappa shape index (κ3) is 2.49. The van der Waals surface area contributed by atoms with Crippen LogP contribution in [0.1, 0.15) is 10.5 Å². The van der Waals surface area contributed by atoms with Gasteiger partial charge in [-0.1, -0.05) is 0 Å². The standard InChI is InChI=1S/C11H11FN4O2S/c12-6-3-18-4-7(6)15-10(17)8-5-19-11(16-8)9-13-1-2-14-9/h1-2,5-7H,3-4H2,(H,13,14)(H,15,17)/t6-,7+/m1/s1. The molecule has 100 valence electrons. The molecule has 1 saturated heterocycles. The van der Waals surface area contributed by atoms with Crippen molar-refractivity contribution in [3.8, 4) is 10.8 Å². The number of nitrogens with zero attached hydrogens (tertiary/aromatic N) is 2. The number of hydrogen-bond acceptors (Lipinski definition) is 5. The van der Waals surface area contributed by atoms with E-state index < -0.39 is 18.1 Å². The Balaban J connectivity index is 1.70. The van der Waals surface area contributed by atoms with Crippen molar-refractivity contribution >= 4 is 17.2 Å². The maximum Gasteiger partial charge on any atom is 0.271 e. The first-order chi connectivity index (χ1) is 9.24. The topological polar surface area (TPSA) is 79.9 Å². The number of hydrogen-bond donors (Lipinski definition) is 2. The minimum absolute atomic E-state index is 0.0274. The van der Waals surface area contributed by atoms with Crippen molar-refractivity contribution in [2.45, 2.75) is 12.2 Å². The molecule has 1 fully saturated rings. The Morgan fingerprint density at radius 1 is 1.58 bits per heavy atom. The lowest BCUT2D eigenvalue weighted by Crippen LogP contribution is -2.40. The summed E-state index contributed by atoms with van der Waals surface area (Å²) in [7, 11) is 0. The van der Waals surface area contributed by atoms with E-state index in [-0.39, 0.29) is 18.9 Å². The van der Waals surface area contributed by atoms with Gasteiger partial charge in [0.05, 0.1) is 19.3 Å². The van der Waals surface area contributed by atoms with E-state index in [1.165, 1.54) is 11.3 Å². The second-order valence-electron chi connectivity index (χ2n) is 4.11. The van der Waals surface area contributed by atoms with Crippen molar-refractivity contribution in [3.05, 3.63) is 23.5 Å². The van der Waals surface area contributed by atoms with Gasteiger partial charge < -0.3 is 15.0 Å². The van der Waals surface area contributed by atoms with Crippen LogP contribution in [-0.4, -0.2) is 46.3 Å². The van der Waals surface area contributed by atoms with Crippen molar-refractivity contribution in [1.82, 2.24) is 20.3 Å². The van der Waals surface area contributed by atoms with Crippen LogP contribution in [0.5, 0.6) is 0 Å². The summed E-state index contributed by atoms with van der Waals surface area (Å²) in [4.78, 5) is 23.0. The fourth-order valence-corrected chi connectivity index (χ4v) is 2.53. The van der Waals surface area contributed by atoms with Crippen molar-refractivity contribution < 1.29 is 13.9 Å². The van der Waals surface area contributed by atoms with Crippen molar-refractivity contribution in [2.75, 3.05) is 13.2 Å². The zero-order valence-electron chi connectivity index (χ0n) is 9.80.